The van der Waals surface area contributed by atoms with E-state index in [0.29, 0.717) is 11.3 Å². The fourth-order valence-electron chi connectivity index (χ4n) is 1.84. The summed E-state index contributed by atoms with van der Waals surface area (Å²) in [5.74, 6) is -1.22. The van der Waals surface area contributed by atoms with Crippen LogP contribution in [0.15, 0.2) is 12.1 Å². The molecule has 0 radical (unpaired) electrons. The number of aryl methyl sites for hydroxylation is 1. The van der Waals surface area contributed by atoms with Gasteiger partial charge in [-0.15, -0.1) is 0 Å². The number of halogens is 2. The number of nitrogens with zero attached hydrogens (tertiary/aromatic N) is 2. The Hall–Kier alpha value is -2.11. The normalized spacial score (nSPS) is 10.7. The third-order valence-corrected chi connectivity index (χ3v) is 2.87. The Morgan fingerprint density at radius 2 is 1.94 bits per heavy atom. The first kappa shape index (κ1) is 12.3. The van der Waals surface area contributed by atoms with Gasteiger partial charge in [0.15, 0.2) is 17.4 Å². The molecule has 0 unspecified atom stereocenters. The fourth-order valence-corrected chi connectivity index (χ4v) is 1.84. The predicted molar refractivity (Wildman–Crippen MR) is 64.3 cm³/mol. The first-order valence-corrected chi connectivity index (χ1v) is 5.28. The Labute approximate surface area is 103 Å². The van der Waals surface area contributed by atoms with E-state index in [0.717, 1.165) is 12.1 Å². The van der Waals surface area contributed by atoms with E-state index in [2.05, 4.69) is 5.10 Å². The molecule has 0 saturated heterocycles. The van der Waals surface area contributed by atoms with E-state index in [1.165, 1.54) is 11.8 Å². The SMILES string of the molecule is COc1cc(F)c(-c2c(N)nn(C)c2C)cc1F. The number of nitrogen functional groups attached to an aromatic ring is 1. The number of benzene rings is 1. The zero-order valence-electron chi connectivity index (χ0n) is 10.3. The molecular weight excluding hydrogens is 240 g/mol. The second-order valence-electron chi connectivity index (χ2n) is 3.94. The van der Waals surface area contributed by atoms with Crippen LogP contribution in [0, 0.1) is 18.6 Å². The van der Waals surface area contributed by atoms with Gasteiger partial charge in [0.1, 0.15) is 5.82 Å². The summed E-state index contributed by atoms with van der Waals surface area (Å²) in [6.07, 6.45) is 0. The second kappa shape index (κ2) is 4.29. The van der Waals surface area contributed by atoms with Gasteiger partial charge in [0.25, 0.3) is 0 Å². The van der Waals surface area contributed by atoms with Crippen LogP contribution in [0.25, 0.3) is 11.1 Å². The van der Waals surface area contributed by atoms with Crippen molar-refractivity contribution in [2.24, 2.45) is 7.05 Å². The van der Waals surface area contributed by atoms with Crippen molar-refractivity contribution >= 4 is 5.82 Å². The van der Waals surface area contributed by atoms with Crippen LogP contribution >= 0.6 is 0 Å². The van der Waals surface area contributed by atoms with Gasteiger partial charge in [0, 0.05) is 29.9 Å². The molecule has 0 aliphatic heterocycles. The predicted octanol–water partition coefficient (Wildman–Crippen LogP) is 2.26. The van der Waals surface area contributed by atoms with Crippen LogP contribution in [0.3, 0.4) is 0 Å². The van der Waals surface area contributed by atoms with Crippen molar-refractivity contribution in [1.29, 1.82) is 0 Å². The lowest BCUT2D eigenvalue weighted by molar-refractivity contribution is 0.383. The van der Waals surface area contributed by atoms with Crippen LogP contribution in [0.1, 0.15) is 5.69 Å². The summed E-state index contributed by atoms with van der Waals surface area (Å²) < 4.78 is 33.8. The maximum Gasteiger partial charge on any atom is 0.165 e. The van der Waals surface area contributed by atoms with Crippen molar-refractivity contribution in [3.8, 4) is 16.9 Å². The number of anilines is 1. The summed E-state index contributed by atoms with van der Waals surface area (Å²) in [5.41, 5.74) is 6.85. The maximum atomic E-state index is 13.9. The Morgan fingerprint density at radius 3 is 2.44 bits per heavy atom. The first-order chi connectivity index (χ1) is 8.45. The van der Waals surface area contributed by atoms with Crippen molar-refractivity contribution in [2.75, 3.05) is 12.8 Å². The minimum Gasteiger partial charge on any atom is -0.494 e. The van der Waals surface area contributed by atoms with Gasteiger partial charge in [-0.25, -0.2) is 8.78 Å². The average molecular weight is 253 g/mol. The van der Waals surface area contributed by atoms with Gasteiger partial charge in [0.05, 0.1) is 7.11 Å². The highest BCUT2D eigenvalue weighted by Gasteiger charge is 2.19. The maximum absolute atomic E-state index is 13.9. The van der Waals surface area contributed by atoms with E-state index in [-0.39, 0.29) is 17.1 Å². The lowest BCUT2D eigenvalue weighted by Crippen LogP contribution is -1.96. The Morgan fingerprint density at radius 1 is 1.28 bits per heavy atom. The van der Waals surface area contributed by atoms with Crippen molar-refractivity contribution in [3.63, 3.8) is 0 Å². The molecule has 18 heavy (non-hydrogen) atoms. The zero-order valence-corrected chi connectivity index (χ0v) is 10.3. The molecule has 0 amide bonds. The Kier molecular flexibility index (Phi) is 2.94. The summed E-state index contributed by atoms with van der Waals surface area (Å²) in [7, 11) is 2.97. The molecule has 96 valence electrons. The topological polar surface area (TPSA) is 53.1 Å². The molecule has 2 N–H and O–H groups in total. The van der Waals surface area contributed by atoms with Crippen molar-refractivity contribution < 1.29 is 13.5 Å². The molecule has 0 spiro atoms. The summed E-state index contributed by atoms with van der Waals surface area (Å²) >= 11 is 0. The van der Waals surface area contributed by atoms with Crippen molar-refractivity contribution in [3.05, 3.63) is 29.5 Å². The molecule has 0 aliphatic rings. The summed E-state index contributed by atoms with van der Waals surface area (Å²) in [5, 5.41) is 3.97. The highest BCUT2D eigenvalue weighted by Crippen LogP contribution is 2.34. The van der Waals surface area contributed by atoms with Crippen molar-refractivity contribution in [1.82, 2.24) is 9.78 Å². The molecule has 1 aromatic heterocycles. The van der Waals surface area contributed by atoms with Gasteiger partial charge in [-0.2, -0.15) is 5.10 Å². The highest BCUT2D eigenvalue weighted by molar-refractivity contribution is 5.77. The van der Waals surface area contributed by atoms with Crippen LogP contribution in [-0.4, -0.2) is 16.9 Å². The van der Waals surface area contributed by atoms with Crippen molar-refractivity contribution in [2.45, 2.75) is 6.92 Å². The lowest BCUT2D eigenvalue weighted by atomic mass is 10.0. The molecule has 4 nitrogen and oxygen atoms in total. The number of ether oxygens (including phenoxy) is 1. The molecule has 6 heteroatoms. The molecule has 0 aliphatic carbocycles. The monoisotopic (exact) mass is 253 g/mol. The number of hydrogen-bond acceptors (Lipinski definition) is 3. The number of hydrogen-bond donors (Lipinski definition) is 1. The molecular formula is C12H13F2N3O. The van der Waals surface area contributed by atoms with E-state index in [1.54, 1.807) is 14.0 Å². The molecule has 2 rings (SSSR count). The minimum atomic E-state index is -0.642. The third kappa shape index (κ3) is 1.79. The standard InChI is InChI=1S/C12H13F2N3O/c1-6-11(12(15)16-17(6)2)7-4-9(14)10(18-3)5-8(7)13/h4-5H,1-3H3,(H2,15,16). The smallest absolute Gasteiger partial charge is 0.165 e. The van der Waals surface area contributed by atoms with E-state index in [4.69, 9.17) is 10.5 Å². The van der Waals surface area contributed by atoms with Gasteiger partial charge in [0.2, 0.25) is 0 Å². The molecule has 1 aromatic carbocycles. The highest BCUT2D eigenvalue weighted by atomic mass is 19.1. The van der Waals surface area contributed by atoms with Gasteiger partial charge >= 0.3 is 0 Å². The van der Waals surface area contributed by atoms with E-state index < -0.39 is 11.6 Å². The molecule has 2 aromatic rings. The molecule has 0 atom stereocenters. The number of nitrogens with two attached hydrogens (primary N) is 1. The van der Waals surface area contributed by atoms with Gasteiger partial charge in [-0.1, -0.05) is 0 Å². The summed E-state index contributed by atoms with van der Waals surface area (Å²) in [6, 6.07) is 2.06. The molecule has 0 fully saturated rings. The fraction of sp³-hybridized carbons (Fsp3) is 0.250. The second-order valence-corrected chi connectivity index (χ2v) is 3.94. The number of rotatable bonds is 2. The third-order valence-electron chi connectivity index (χ3n) is 2.87. The number of methoxy groups -OCH3 is 1. The van der Waals surface area contributed by atoms with Crippen LogP contribution < -0.4 is 10.5 Å². The summed E-state index contributed by atoms with van der Waals surface area (Å²) in [6.45, 7) is 1.74. The quantitative estimate of drug-likeness (QED) is 0.893. The Bertz CT molecular complexity index is 608. The van der Waals surface area contributed by atoms with Gasteiger partial charge in [-0.05, 0) is 13.0 Å². The average Bonchev–Trinajstić information content (AvgIpc) is 2.56. The first-order valence-electron chi connectivity index (χ1n) is 5.28. The van der Waals surface area contributed by atoms with Crippen LogP contribution in [-0.2, 0) is 7.05 Å². The largest absolute Gasteiger partial charge is 0.494 e. The van der Waals surface area contributed by atoms with Crippen LogP contribution in [0.5, 0.6) is 5.75 Å². The molecule has 1 heterocycles. The summed E-state index contributed by atoms with van der Waals surface area (Å²) in [4.78, 5) is 0. The van der Waals surface area contributed by atoms with E-state index in [9.17, 15) is 8.78 Å². The zero-order chi connectivity index (χ0) is 13.4. The minimum absolute atomic E-state index is 0.0800. The van der Waals surface area contributed by atoms with E-state index in [1.807, 2.05) is 0 Å². The van der Waals surface area contributed by atoms with E-state index >= 15 is 0 Å². The lowest BCUT2D eigenvalue weighted by Gasteiger charge is -2.07. The Balaban J connectivity index is 2.68. The van der Waals surface area contributed by atoms with Gasteiger partial charge in [-0.3, -0.25) is 4.68 Å². The van der Waals surface area contributed by atoms with Crippen LogP contribution in [0.2, 0.25) is 0 Å². The number of aromatic nitrogens is 2. The van der Waals surface area contributed by atoms with Gasteiger partial charge < -0.3 is 10.5 Å². The molecule has 0 bridgehead atoms. The van der Waals surface area contributed by atoms with Crippen LogP contribution in [0.4, 0.5) is 14.6 Å². The molecule has 0 saturated carbocycles.